The number of hydrogen-bond donors (Lipinski definition) is 3. The van der Waals surface area contributed by atoms with Crippen LogP contribution < -0.4 is 16.0 Å². The van der Waals surface area contributed by atoms with Crippen LogP contribution >= 0.6 is 0 Å². The molecule has 2 aromatic carbocycles. The van der Waals surface area contributed by atoms with Gasteiger partial charge in [0.1, 0.15) is 0 Å². The fraction of sp³-hybridized carbons (Fsp3) is 0.458. The number of alkyl halides is 6. The highest BCUT2D eigenvalue weighted by Crippen LogP contribution is 2.39. The van der Waals surface area contributed by atoms with Crippen LogP contribution in [0.2, 0.25) is 0 Å². The highest BCUT2D eigenvalue weighted by molar-refractivity contribution is 5.75. The summed E-state index contributed by atoms with van der Waals surface area (Å²) in [6.45, 7) is 1.82. The van der Waals surface area contributed by atoms with Gasteiger partial charge in [-0.1, -0.05) is 30.3 Å². The number of urea groups is 1. The molecule has 3 N–H and O–H groups in total. The molecule has 11 heteroatoms. The van der Waals surface area contributed by atoms with Crippen molar-refractivity contribution in [2.24, 2.45) is 0 Å². The minimum absolute atomic E-state index is 0.00689. The largest absolute Gasteiger partial charge is 0.416 e. The smallest absolute Gasteiger partial charge is 0.372 e. The fourth-order valence-electron chi connectivity index (χ4n) is 4.68. The Bertz CT molecular complexity index is 1030. The Morgan fingerprint density at radius 3 is 2.23 bits per heavy atom. The monoisotopic (exact) mass is 501 g/mol. The van der Waals surface area contributed by atoms with Crippen LogP contribution in [-0.2, 0) is 22.6 Å². The molecule has 2 aromatic rings. The molecule has 0 bridgehead atoms. The van der Waals surface area contributed by atoms with Crippen LogP contribution in [0.25, 0.3) is 0 Å². The van der Waals surface area contributed by atoms with Gasteiger partial charge < -0.3 is 15.4 Å². The van der Waals surface area contributed by atoms with Crippen LogP contribution in [0, 0.1) is 0 Å². The van der Waals surface area contributed by atoms with Crippen LogP contribution in [0.15, 0.2) is 48.5 Å². The number of hydrogen-bond acceptors (Lipinski definition) is 3. The second kappa shape index (κ2) is 9.34. The third-order valence-corrected chi connectivity index (χ3v) is 6.61. The van der Waals surface area contributed by atoms with Gasteiger partial charge in [-0.2, -0.15) is 26.3 Å². The second-order valence-electron chi connectivity index (χ2n) is 8.99. The van der Waals surface area contributed by atoms with Crippen molar-refractivity contribution in [1.29, 1.82) is 0 Å². The molecular weight excluding hydrogens is 476 g/mol. The predicted octanol–water partition coefficient (Wildman–Crippen LogP) is 5.13. The molecule has 0 spiro atoms. The summed E-state index contributed by atoms with van der Waals surface area (Å²) in [4.78, 5) is 11.7. The number of amides is 2. The molecule has 1 unspecified atom stereocenters. The number of piperidine rings is 1. The lowest BCUT2D eigenvalue weighted by Gasteiger charge is -2.48. The van der Waals surface area contributed by atoms with Crippen molar-refractivity contribution in [1.82, 2.24) is 16.0 Å². The van der Waals surface area contributed by atoms with Gasteiger partial charge >= 0.3 is 18.4 Å². The minimum atomic E-state index is -4.93. The zero-order chi connectivity index (χ0) is 25.4. The molecule has 2 fully saturated rings. The molecule has 2 aliphatic rings. The third kappa shape index (κ3) is 5.56. The quantitative estimate of drug-likeness (QED) is 0.498. The molecule has 190 valence electrons. The van der Waals surface area contributed by atoms with Gasteiger partial charge in [-0.15, -0.1) is 0 Å². The summed E-state index contributed by atoms with van der Waals surface area (Å²) >= 11 is 0. The van der Waals surface area contributed by atoms with Gasteiger partial charge in [0, 0.05) is 18.6 Å². The Morgan fingerprint density at radius 1 is 1.00 bits per heavy atom. The second-order valence-corrected chi connectivity index (χ2v) is 8.99. The van der Waals surface area contributed by atoms with E-state index in [2.05, 4.69) is 16.0 Å². The summed E-state index contributed by atoms with van der Waals surface area (Å²) in [5.74, 6) is 0. The summed E-state index contributed by atoms with van der Waals surface area (Å²) in [5, 5.41) is 9.13. The minimum Gasteiger partial charge on any atom is -0.372 e. The first kappa shape index (κ1) is 25.3. The highest BCUT2D eigenvalue weighted by atomic mass is 19.4. The van der Waals surface area contributed by atoms with E-state index in [-0.39, 0.29) is 36.4 Å². The summed E-state index contributed by atoms with van der Waals surface area (Å²) in [6, 6.07) is 10.3. The van der Waals surface area contributed by atoms with E-state index in [9.17, 15) is 31.1 Å². The molecule has 0 saturated carbocycles. The van der Waals surface area contributed by atoms with Gasteiger partial charge in [-0.25, -0.2) is 4.79 Å². The number of ether oxygens (including phenoxy) is 1. The van der Waals surface area contributed by atoms with Crippen LogP contribution in [0.3, 0.4) is 0 Å². The maximum absolute atomic E-state index is 13.3. The molecule has 5 nitrogen and oxygen atoms in total. The summed E-state index contributed by atoms with van der Waals surface area (Å²) in [7, 11) is 0. The van der Waals surface area contributed by atoms with Crippen molar-refractivity contribution in [3.63, 3.8) is 0 Å². The lowest BCUT2D eigenvalue weighted by Crippen LogP contribution is -2.69. The van der Waals surface area contributed by atoms with E-state index >= 15 is 0 Å². The number of carbonyl (C=O) groups excluding carboxylic acids is 1. The SMILES string of the molecule is C[C@@H](OC[C@@]1(c2ccccc2)CC[C@@H]2NC(=O)NCC2N1)c1cc(C(F)(F)F)cc(C(F)(F)F)c1. The van der Waals surface area contributed by atoms with Crippen molar-refractivity contribution in [3.8, 4) is 0 Å². The third-order valence-electron chi connectivity index (χ3n) is 6.61. The van der Waals surface area contributed by atoms with Gasteiger partial charge in [0.15, 0.2) is 0 Å². The lowest BCUT2D eigenvalue weighted by atomic mass is 9.78. The molecule has 0 aromatic heterocycles. The molecule has 2 saturated heterocycles. The van der Waals surface area contributed by atoms with Crippen LogP contribution in [0.5, 0.6) is 0 Å². The number of carbonyl (C=O) groups is 1. The Labute approximate surface area is 198 Å². The van der Waals surface area contributed by atoms with E-state index in [0.29, 0.717) is 31.5 Å². The van der Waals surface area contributed by atoms with Crippen LogP contribution in [-0.4, -0.2) is 31.3 Å². The maximum atomic E-state index is 13.3. The molecule has 2 heterocycles. The first-order chi connectivity index (χ1) is 16.4. The average Bonchev–Trinajstić information content (AvgIpc) is 2.81. The topological polar surface area (TPSA) is 62.4 Å². The summed E-state index contributed by atoms with van der Waals surface area (Å²) in [6.07, 6.45) is -9.73. The Hall–Kier alpha value is -2.79. The van der Waals surface area contributed by atoms with Crippen molar-refractivity contribution in [2.75, 3.05) is 13.2 Å². The molecule has 0 aliphatic carbocycles. The van der Waals surface area contributed by atoms with E-state index in [1.54, 1.807) is 0 Å². The Morgan fingerprint density at radius 2 is 1.63 bits per heavy atom. The Balaban J connectivity index is 1.60. The van der Waals surface area contributed by atoms with Crippen molar-refractivity contribution >= 4 is 6.03 Å². The standard InChI is InChI=1S/C24H25F6N3O2/c1-14(15-9-17(23(25,26)27)11-18(10-15)24(28,29)30)35-13-22(16-5-3-2-4-6-16)8-7-19-20(33-22)12-31-21(34)32-19/h2-6,9-11,14,19-20,33H,7-8,12-13H2,1H3,(H2,31,32,34)/t14-,19+,20?,22-/m1/s1. The zero-order valence-electron chi connectivity index (χ0n) is 18.8. The molecule has 2 aliphatic heterocycles. The zero-order valence-corrected chi connectivity index (χ0v) is 18.8. The normalized spacial score (nSPS) is 25.9. The van der Waals surface area contributed by atoms with Gasteiger partial charge in [0.2, 0.25) is 0 Å². The van der Waals surface area contributed by atoms with Gasteiger partial charge in [-0.05, 0) is 49.1 Å². The number of rotatable bonds is 5. The molecule has 35 heavy (non-hydrogen) atoms. The van der Waals surface area contributed by atoms with Crippen molar-refractivity contribution in [2.45, 2.75) is 55.8 Å². The number of benzene rings is 2. The van der Waals surface area contributed by atoms with E-state index in [4.69, 9.17) is 4.74 Å². The number of nitrogens with one attached hydrogen (secondary N) is 3. The van der Waals surface area contributed by atoms with Gasteiger partial charge in [0.25, 0.3) is 0 Å². The van der Waals surface area contributed by atoms with E-state index in [1.165, 1.54) is 6.92 Å². The van der Waals surface area contributed by atoms with E-state index < -0.39 is 35.1 Å². The average molecular weight is 501 g/mol. The van der Waals surface area contributed by atoms with Gasteiger partial charge in [0.05, 0.1) is 29.4 Å². The van der Waals surface area contributed by atoms with E-state index in [0.717, 1.165) is 5.56 Å². The Kier molecular flexibility index (Phi) is 6.76. The maximum Gasteiger partial charge on any atom is 0.416 e. The molecule has 4 rings (SSSR count). The molecule has 4 atom stereocenters. The first-order valence-electron chi connectivity index (χ1n) is 11.2. The first-order valence-corrected chi connectivity index (χ1v) is 11.2. The van der Waals surface area contributed by atoms with E-state index in [1.807, 2.05) is 30.3 Å². The predicted molar refractivity (Wildman–Crippen MR) is 115 cm³/mol. The molecule has 0 radical (unpaired) electrons. The van der Waals surface area contributed by atoms with Crippen LogP contribution in [0.4, 0.5) is 31.1 Å². The number of halogens is 6. The number of fused-ring (bicyclic) bond motifs is 1. The van der Waals surface area contributed by atoms with Crippen molar-refractivity contribution in [3.05, 3.63) is 70.8 Å². The van der Waals surface area contributed by atoms with Gasteiger partial charge in [-0.3, -0.25) is 5.32 Å². The highest BCUT2D eigenvalue weighted by Gasteiger charge is 2.44. The van der Waals surface area contributed by atoms with Crippen LogP contribution in [0.1, 0.15) is 48.1 Å². The summed E-state index contributed by atoms with van der Waals surface area (Å²) < 4.78 is 85.7. The fourth-order valence-corrected chi connectivity index (χ4v) is 4.68. The molecular formula is C24H25F6N3O2. The molecule has 2 amide bonds. The summed E-state index contributed by atoms with van der Waals surface area (Å²) in [5.41, 5.74) is -2.83. The van der Waals surface area contributed by atoms with Crippen molar-refractivity contribution < 1.29 is 35.9 Å². The lowest BCUT2D eigenvalue weighted by molar-refractivity contribution is -0.143.